The third-order valence-electron chi connectivity index (χ3n) is 6.62. The molecule has 182 valence electrons. The monoisotopic (exact) mass is 471 g/mol. The molecule has 0 N–H and O–H groups in total. The van der Waals surface area contributed by atoms with Gasteiger partial charge in [-0.3, -0.25) is 0 Å². The first kappa shape index (κ1) is 24.5. The topological polar surface area (TPSA) is 44.1 Å². The lowest BCUT2D eigenvalue weighted by molar-refractivity contribution is 0.0527. The minimum absolute atomic E-state index is 0.314. The third-order valence-corrected chi connectivity index (χ3v) is 6.62. The van der Waals surface area contributed by atoms with Crippen molar-refractivity contribution in [2.24, 2.45) is 0 Å². The molecule has 0 aliphatic heterocycles. The summed E-state index contributed by atoms with van der Waals surface area (Å²) in [6, 6.07) is 20.0. The van der Waals surface area contributed by atoms with Crippen LogP contribution in [0.25, 0.3) is 33.1 Å². The molecule has 0 saturated heterocycles. The van der Waals surface area contributed by atoms with Crippen LogP contribution in [0.5, 0.6) is 0 Å². The zero-order valence-corrected chi connectivity index (χ0v) is 21.4. The molecule has 0 amide bonds. The SMILES string of the molecule is CCOC(=O)c1ccccc1-c1c2ccccc2[o+]c2ccc(N(CC)CC)c(N(CC)CC)c12. The van der Waals surface area contributed by atoms with Crippen LogP contribution < -0.4 is 9.80 Å². The zero-order valence-electron chi connectivity index (χ0n) is 21.4. The Morgan fingerprint density at radius 3 is 2.11 bits per heavy atom. The van der Waals surface area contributed by atoms with Crippen LogP contribution in [0.15, 0.2) is 65.1 Å². The lowest BCUT2D eigenvalue weighted by atomic mass is 9.92. The van der Waals surface area contributed by atoms with E-state index in [0.29, 0.717) is 12.2 Å². The van der Waals surface area contributed by atoms with Gasteiger partial charge in [0.1, 0.15) is 5.39 Å². The summed E-state index contributed by atoms with van der Waals surface area (Å²) in [7, 11) is 0. The average molecular weight is 472 g/mol. The molecular formula is C30H35N2O3+. The number of nitrogens with zero attached hydrogens (tertiary/aromatic N) is 2. The second kappa shape index (κ2) is 10.8. The number of rotatable bonds is 9. The highest BCUT2D eigenvalue weighted by atomic mass is 16.5. The first-order valence-electron chi connectivity index (χ1n) is 12.7. The number of para-hydroxylation sites is 1. The van der Waals surface area contributed by atoms with Crippen LogP contribution in [0.1, 0.15) is 45.0 Å². The fourth-order valence-electron chi connectivity index (χ4n) is 4.95. The Labute approximate surface area is 207 Å². The first-order chi connectivity index (χ1) is 17.1. The maximum absolute atomic E-state index is 13.0. The Morgan fingerprint density at radius 1 is 0.771 bits per heavy atom. The smallest absolute Gasteiger partial charge is 0.363 e. The Bertz CT molecular complexity index is 1340. The van der Waals surface area contributed by atoms with Crippen molar-refractivity contribution in [3.8, 4) is 11.1 Å². The minimum Gasteiger partial charge on any atom is -0.462 e. The number of benzene rings is 3. The van der Waals surface area contributed by atoms with Crippen LogP contribution in [-0.2, 0) is 4.74 Å². The molecule has 0 bridgehead atoms. The van der Waals surface area contributed by atoms with Crippen LogP contribution in [0.2, 0.25) is 0 Å². The molecule has 4 aromatic rings. The molecule has 0 aliphatic rings. The Morgan fingerprint density at radius 2 is 1.43 bits per heavy atom. The summed E-state index contributed by atoms with van der Waals surface area (Å²) in [5, 5.41) is 2.00. The molecule has 3 aromatic carbocycles. The molecule has 5 nitrogen and oxygen atoms in total. The van der Waals surface area contributed by atoms with Crippen molar-refractivity contribution in [3.63, 3.8) is 0 Å². The van der Waals surface area contributed by atoms with E-state index in [1.165, 1.54) is 5.69 Å². The molecule has 0 aliphatic carbocycles. The fourth-order valence-corrected chi connectivity index (χ4v) is 4.95. The van der Waals surface area contributed by atoms with E-state index in [1.54, 1.807) is 0 Å². The van der Waals surface area contributed by atoms with Gasteiger partial charge in [-0.25, -0.2) is 9.21 Å². The van der Waals surface area contributed by atoms with E-state index in [1.807, 2.05) is 49.4 Å². The second-order valence-electron chi connectivity index (χ2n) is 8.39. The van der Waals surface area contributed by atoms with Gasteiger partial charge in [0, 0.05) is 43.9 Å². The number of ether oxygens (including phenoxy) is 1. The van der Waals surface area contributed by atoms with Crippen LogP contribution in [0.4, 0.5) is 11.4 Å². The molecule has 0 atom stereocenters. The number of fused-ring (bicyclic) bond motifs is 2. The standard InChI is InChI=1S/C30H35N2O3/c1-6-31(7-2)24-19-20-26-28(29(24)32(8-3)9-4)27(23-17-13-14-18-25(23)35-26)21-15-11-12-16-22(21)30(33)34-10-5/h11-20H,6-10H2,1-5H3/q+1. The predicted octanol–water partition coefficient (Wildman–Crippen LogP) is 7.40. The minimum atomic E-state index is -0.314. The van der Waals surface area contributed by atoms with E-state index < -0.39 is 0 Å². The van der Waals surface area contributed by atoms with E-state index >= 15 is 0 Å². The maximum Gasteiger partial charge on any atom is 0.363 e. The van der Waals surface area contributed by atoms with Crippen molar-refractivity contribution >= 4 is 39.3 Å². The molecule has 1 heterocycles. The molecule has 0 spiro atoms. The molecule has 5 heteroatoms. The quantitative estimate of drug-likeness (QED) is 0.144. The van der Waals surface area contributed by atoms with Gasteiger partial charge in [-0.05, 0) is 58.4 Å². The summed E-state index contributed by atoms with van der Waals surface area (Å²) >= 11 is 0. The molecule has 0 saturated carbocycles. The molecule has 0 unspecified atom stereocenters. The van der Waals surface area contributed by atoms with Gasteiger partial charge in [0.25, 0.3) is 0 Å². The van der Waals surface area contributed by atoms with Crippen LogP contribution in [0, 0.1) is 0 Å². The molecule has 0 radical (unpaired) electrons. The highest BCUT2D eigenvalue weighted by molar-refractivity contribution is 6.17. The number of carbonyl (C=O) groups is 1. The molecule has 4 rings (SSSR count). The molecule has 0 fully saturated rings. The Balaban J connectivity index is 2.23. The van der Waals surface area contributed by atoms with Crippen molar-refractivity contribution in [2.45, 2.75) is 34.6 Å². The number of hydrogen-bond donors (Lipinski definition) is 0. The summed E-state index contributed by atoms with van der Waals surface area (Å²) in [4.78, 5) is 17.8. The number of esters is 1. The summed E-state index contributed by atoms with van der Waals surface area (Å²) in [5.41, 5.74) is 6.32. The van der Waals surface area contributed by atoms with E-state index in [2.05, 4.69) is 55.7 Å². The van der Waals surface area contributed by atoms with E-state index in [9.17, 15) is 4.79 Å². The highest BCUT2D eigenvalue weighted by Crippen LogP contribution is 2.46. The van der Waals surface area contributed by atoms with Crippen LogP contribution in [-0.4, -0.2) is 38.8 Å². The second-order valence-corrected chi connectivity index (χ2v) is 8.39. The summed E-state index contributed by atoms with van der Waals surface area (Å²) < 4.78 is 11.9. The third kappa shape index (κ3) is 4.43. The summed E-state index contributed by atoms with van der Waals surface area (Å²) in [6.07, 6.45) is 0. The largest absolute Gasteiger partial charge is 0.462 e. The van der Waals surface area contributed by atoms with E-state index in [4.69, 9.17) is 9.15 Å². The van der Waals surface area contributed by atoms with Gasteiger partial charge in [0.2, 0.25) is 0 Å². The zero-order chi connectivity index (χ0) is 24.9. The van der Waals surface area contributed by atoms with Gasteiger partial charge in [-0.2, -0.15) is 0 Å². The predicted molar refractivity (Wildman–Crippen MR) is 147 cm³/mol. The van der Waals surface area contributed by atoms with Gasteiger partial charge in [0.15, 0.2) is 0 Å². The molecule has 1 aromatic heterocycles. The van der Waals surface area contributed by atoms with Crippen molar-refractivity contribution in [1.82, 2.24) is 0 Å². The number of anilines is 2. The van der Waals surface area contributed by atoms with Crippen molar-refractivity contribution in [2.75, 3.05) is 42.6 Å². The van der Waals surface area contributed by atoms with Crippen molar-refractivity contribution in [1.29, 1.82) is 0 Å². The lowest BCUT2D eigenvalue weighted by Crippen LogP contribution is -2.28. The van der Waals surface area contributed by atoms with Gasteiger partial charge < -0.3 is 14.5 Å². The number of carbonyl (C=O) groups excluding carboxylic acids is 1. The lowest BCUT2D eigenvalue weighted by Gasteiger charge is -2.31. The Kier molecular flexibility index (Phi) is 7.54. The fraction of sp³-hybridized carbons (Fsp3) is 0.333. The van der Waals surface area contributed by atoms with Crippen LogP contribution >= 0.6 is 0 Å². The summed E-state index contributed by atoms with van der Waals surface area (Å²) in [6.45, 7) is 14.4. The van der Waals surface area contributed by atoms with Crippen molar-refractivity contribution in [3.05, 3.63) is 66.2 Å². The Hall–Kier alpha value is -3.60. The molecule has 35 heavy (non-hydrogen) atoms. The molecular weight excluding hydrogens is 436 g/mol. The van der Waals surface area contributed by atoms with E-state index in [-0.39, 0.29) is 5.97 Å². The summed E-state index contributed by atoms with van der Waals surface area (Å²) in [5.74, 6) is -0.314. The van der Waals surface area contributed by atoms with Crippen molar-refractivity contribution < 1.29 is 13.9 Å². The maximum atomic E-state index is 13.0. The van der Waals surface area contributed by atoms with Gasteiger partial charge >= 0.3 is 17.1 Å². The van der Waals surface area contributed by atoms with Gasteiger partial charge in [-0.15, -0.1) is 0 Å². The average Bonchev–Trinajstić information content (AvgIpc) is 2.89. The van der Waals surface area contributed by atoms with Crippen LogP contribution in [0.3, 0.4) is 0 Å². The first-order valence-corrected chi connectivity index (χ1v) is 12.7. The highest BCUT2D eigenvalue weighted by Gasteiger charge is 2.29. The normalized spacial score (nSPS) is 11.1. The number of hydrogen-bond acceptors (Lipinski definition) is 4. The van der Waals surface area contributed by atoms with Gasteiger partial charge in [0.05, 0.1) is 28.9 Å². The van der Waals surface area contributed by atoms with Gasteiger partial charge in [-0.1, -0.05) is 30.3 Å². The van der Waals surface area contributed by atoms with E-state index in [0.717, 1.165) is 64.9 Å².